The molecule has 1 fully saturated rings. The molecule has 1 N–H and O–H groups in total. The van der Waals surface area contributed by atoms with Gasteiger partial charge in [-0.05, 0) is 36.2 Å². The first-order valence-electron chi connectivity index (χ1n) is 7.97. The van der Waals surface area contributed by atoms with E-state index in [0.717, 1.165) is 12.1 Å². The van der Waals surface area contributed by atoms with Crippen LogP contribution in [-0.4, -0.2) is 28.7 Å². The molecular weight excluding hydrogens is 339 g/mol. The Labute approximate surface area is 148 Å². The second-order valence-corrected chi connectivity index (χ2v) is 5.84. The summed E-state index contributed by atoms with van der Waals surface area (Å²) >= 11 is 0. The number of carbonyl (C=O) groups is 4. The number of nitrogens with one attached hydrogen (secondary N) is 1. The molecule has 0 saturated carbocycles. The van der Waals surface area contributed by atoms with E-state index in [1.807, 2.05) is 0 Å². The van der Waals surface area contributed by atoms with Crippen molar-refractivity contribution in [2.24, 2.45) is 0 Å². The third-order valence-corrected chi connectivity index (χ3v) is 4.47. The van der Waals surface area contributed by atoms with E-state index in [1.165, 1.54) is 12.1 Å². The van der Waals surface area contributed by atoms with Gasteiger partial charge in [0.1, 0.15) is 5.82 Å². The molecule has 5 amide bonds. The molecule has 0 bridgehead atoms. The topological polar surface area (TPSA) is 83.6 Å². The van der Waals surface area contributed by atoms with Crippen molar-refractivity contribution in [1.82, 2.24) is 10.2 Å². The van der Waals surface area contributed by atoms with Gasteiger partial charge in [0.05, 0.1) is 0 Å². The Morgan fingerprint density at radius 1 is 1.04 bits per heavy atom. The number of benzene rings is 2. The summed E-state index contributed by atoms with van der Waals surface area (Å²) in [6.07, 6.45) is 0.0577. The molecule has 1 heterocycles. The highest BCUT2D eigenvalue weighted by molar-refractivity contribution is 6.30. The van der Waals surface area contributed by atoms with Crippen LogP contribution in [0.5, 0.6) is 0 Å². The Balaban J connectivity index is 2.08. The zero-order chi connectivity index (χ0) is 18.9. The maximum absolute atomic E-state index is 13.1. The first-order valence-corrected chi connectivity index (χ1v) is 7.97. The van der Waals surface area contributed by atoms with Crippen LogP contribution in [0.25, 0.3) is 0 Å². The van der Waals surface area contributed by atoms with Gasteiger partial charge >= 0.3 is 6.03 Å². The molecule has 0 spiro atoms. The van der Waals surface area contributed by atoms with Crippen LogP contribution in [0.3, 0.4) is 0 Å². The van der Waals surface area contributed by atoms with Gasteiger partial charge in [-0.15, -0.1) is 0 Å². The number of halogens is 1. The van der Waals surface area contributed by atoms with Gasteiger partial charge < -0.3 is 0 Å². The lowest BCUT2D eigenvalue weighted by molar-refractivity contribution is -0.143. The minimum atomic E-state index is -1.69. The van der Waals surface area contributed by atoms with E-state index in [0.29, 0.717) is 10.5 Å². The van der Waals surface area contributed by atoms with Crippen LogP contribution >= 0.6 is 0 Å². The highest BCUT2D eigenvalue weighted by atomic mass is 19.1. The van der Waals surface area contributed by atoms with Crippen LogP contribution < -0.4 is 5.32 Å². The first-order chi connectivity index (χ1) is 12.4. The van der Waals surface area contributed by atoms with E-state index >= 15 is 0 Å². The molecule has 1 aliphatic rings. The van der Waals surface area contributed by atoms with Gasteiger partial charge in [-0.1, -0.05) is 37.3 Å². The first kappa shape index (κ1) is 17.5. The number of barbiturate groups is 1. The molecule has 1 saturated heterocycles. The van der Waals surface area contributed by atoms with E-state index in [2.05, 4.69) is 5.32 Å². The fourth-order valence-electron chi connectivity index (χ4n) is 3.04. The molecule has 0 aromatic heterocycles. The summed E-state index contributed by atoms with van der Waals surface area (Å²) in [7, 11) is 0. The van der Waals surface area contributed by atoms with Gasteiger partial charge in [0.15, 0.2) is 5.41 Å². The van der Waals surface area contributed by atoms with Gasteiger partial charge in [0.25, 0.3) is 11.8 Å². The molecule has 6 nitrogen and oxygen atoms in total. The number of carbonyl (C=O) groups excluding carboxylic acids is 4. The van der Waals surface area contributed by atoms with Crippen molar-refractivity contribution in [2.45, 2.75) is 18.8 Å². The molecule has 3 rings (SSSR count). The number of imide groups is 4. The van der Waals surface area contributed by atoms with Crippen LogP contribution in [0.2, 0.25) is 0 Å². The molecule has 1 unspecified atom stereocenters. The van der Waals surface area contributed by atoms with E-state index in [1.54, 1.807) is 37.3 Å². The van der Waals surface area contributed by atoms with E-state index in [4.69, 9.17) is 0 Å². The molecule has 0 aliphatic carbocycles. The van der Waals surface area contributed by atoms with Gasteiger partial charge in [-0.3, -0.25) is 19.7 Å². The second kappa shape index (κ2) is 6.51. The zero-order valence-corrected chi connectivity index (χ0v) is 13.9. The normalized spacial score (nSPS) is 20.1. The number of urea groups is 1. The fraction of sp³-hybridized carbons (Fsp3) is 0.158. The molecule has 0 radical (unpaired) electrons. The molecular formula is C19H15FN2O4. The highest BCUT2D eigenvalue weighted by Gasteiger charge is 2.55. The van der Waals surface area contributed by atoms with Crippen molar-refractivity contribution < 1.29 is 23.6 Å². The number of rotatable bonds is 3. The molecule has 7 heteroatoms. The Morgan fingerprint density at radius 3 is 2.23 bits per heavy atom. The lowest BCUT2D eigenvalue weighted by Crippen LogP contribution is -2.67. The minimum Gasteiger partial charge on any atom is -0.276 e. The summed E-state index contributed by atoms with van der Waals surface area (Å²) in [5.74, 6) is -3.18. The SMILES string of the molecule is CCC1(c2ccccc2)C(=O)NC(=O)N(C(=O)c2ccc(F)cc2)C1=O. The molecule has 2 aromatic carbocycles. The lowest BCUT2D eigenvalue weighted by atomic mass is 9.74. The zero-order valence-electron chi connectivity index (χ0n) is 13.9. The molecule has 26 heavy (non-hydrogen) atoms. The maximum Gasteiger partial charge on any atom is 0.338 e. The minimum absolute atomic E-state index is 0.0395. The Kier molecular flexibility index (Phi) is 4.38. The molecule has 1 atom stereocenters. The average Bonchev–Trinajstić information content (AvgIpc) is 2.63. The third-order valence-electron chi connectivity index (χ3n) is 4.47. The lowest BCUT2D eigenvalue weighted by Gasteiger charge is -2.38. The van der Waals surface area contributed by atoms with Crippen molar-refractivity contribution in [1.29, 1.82) is 0 Å². The summed E-state index contributed by atoms with van der Waals surface area (Å²) in [4.78, 5) is 51.0. The molecule has 132 valence electrons. The van der Waals surface area contributed by atoms with Gasteiger partial charge in [-0.2, -0.15) is 4.90 Å². The summed E-state index contributed by atoms with van der Waals surface area (Å²) in [6.45, 7) is 1.63. The quantitative estimate of drug-likeness (QED) is 0.678. The van der Waals surface area contributed by atoms with Crippen LogP contribution in [0.1, 0.15) is 29.3 Å². The van der Waals surface area contributed by atoms with Gasteiger partial charge in [-0.25, -0.2) is 9.18 Å². The van der Waals surface area contributed by atoms with E-state index in [9.17, 15) is 23.6 Å². The van der Waals surface area contributed by atoms with Crippen molar-refractivity contribution in [3.8, 4) is 0 Å². The largest absolute Gasteiger partial charge is 0.338 e. The highest BCUT2D eigenvalue weighted by Crippen LogP contribution is 2.34. The van der Waals surface area contributed by atoms with Crippen LogP contribution in [0.15, 0.2) is 54.6 Å². The summed E-state index contributed by atoms with van der Waals surface area (Å²) in [5, 5.41) is 2.09. The van der Waals surface area contributed by atoms with Gasteiger partial charge in [0, 0.05) is 5.56 Å². The van der Waals surface area contributed by atoms with Crippen molar-refractivity contribution in [2.75, 3.05) is 0 Å². The standard InChI is InChI=1S/C19H15FN2O4/c1-2-19(13-6-4-3-5-7-13)16(24)21-18(26)22(17(19)25)15(23)12-8-10-14(20)11-9-12/h3-11H,2H2,1H3,(H,21,24,26). The number of hydrogen-bond donors (Lipinski definition) is 1. The number of hydrogen-bond acceptors (Lipinski definition) is 4. The maximum atomic E-state index is 13.1. The smallest absolute Gasteiger partial charge is 0.276 e. The Hall–Kier alpha value is -3.35. The van der Waals surface area contributed by atoms with Crippen molar-refractivity contribution in [3.63, 3.8) is 0 Å². The van der Waals surface area contributed by atoms with E-state index < -0.39 is 35.0 Å². The predicted octanol–water partition coefficient (Wildman–Crippen LogP) is 2.39. The van der Waals surface area contributed by atoms with E-state index in [-0.39, 0.29) is 12.0 Å². The molecule has 1 aliphatic heterocycles. The summed E-state index contributed by atoms with van der Waals surface area (Å²) < 4.78 is 13.1. The fourth-order valence-corrected chi connectivity index (χ4v) is 3.04. The Bertz CT molecular complexity index is 896. The van der Waals surface area contributed by atoms with Gasteiger partial charge in [0.2, 0.25) is 5.91 Å². The van der Waals surface area contributed by atoms with Crippen molar-refractivity contribution in [3.05, 3.63) is 71.5 Å². The van der Waals surface area contributed by atoms with Crippen molar-refractivity contribution >= 4 is 23.8 Å². The predicted molar refractivity (Wildman–Crippen MR) is 89.5 cm³/mol. The summed E-state index contributed by atoms with van der Waals surface area (Å²) in [5.41, 5.74) is -1.35. The third kappa shape index (κ3) is 2.57. The van der Waals surface area contributed by atoms with Crippen LogP contribution in [0.4, 0.5) is 9.18 Å². The Morgan fingerprint density at radius 2 is 1.65 bits per heavy atom. The monoisotopic (exact) mass is 354 g/mol. The summed E-state index contributed by atoms with van der Waals surface area (Å²) in [6, 6.07) is 11.6. The number of nitrogens with zero attached hydrogens (tertiary/aromatic N) is 1. The second-order valence-electron chi connectivity index (χ2n) is 5.84. The van der Waals surface area contributed by atoms with Crippen LogP contribution in [-0.2, 0) is 15.0 Å². The number of amides is 5. The molecule has 2 aromatic rings. The average molecular weight is 354 g/mol. The van der Waals surface area contributed by atoms with Crippen LogP contribution in [0, 0.1) is 5.82 Å².